The first kappa shape index (κ1) is 24.9. The molecule has 6 aromatic rings. The predicted molar refractivity (Wildman–Crippen MR) is 157 cm³/mol. The largest absolute Gasteiger partial charge is 0.426 e. The highest BCUT2D eigenvalue weighted by Gasteiger charge is 2.19. The van der Waals surface area contributed by atoms with Crippen LogP contribution in [0.1, 0.15) is 13.8 Å². The Labute approximate surface area is 230 Å². The number of aromatic nitrogens is 3. The third kappa shape index (κ3) is 4.88. The van der Waals surface area contributed by atoms with E-state index in [1.807, 2.05) is 66.7 Å². The maximum atomic E-state index is 12.4. The van der Waals surface area contributed by atoms with E-state index in [2.05, 4.69) is 23.5 Å². The molecule has 5 aromatic carbocycles. The molecule has 1 aromatic heterocycles. The average Bonchev–Trinajstić information content (AvgIpc) is 2.96. The molecule has 0 unspecified atom stereocenters. The van der Waals surface area contributed by atoms with Gasteiger partial charge < -0.3 is 10.1 Å². The van der Waals surface area contributed by atoms with Crippen molar-refractivity contribution in [1.29, 1.82) is 0 Å². The van der Waals surface area contributed by atoms with Gasteiger partial charge in [0.15, 0.2) is 17.5 Å². The highest BCUT2D eigenvalue weighted by atomic mass is 16.5. The van der Waals surface area contributed by atoms with E-state index in [-0.39, 0.29) is 5.91 Å². The summed E-state index contributed by atoms with van der Waals surface area (Å²) >= 11 is 0. The van der Waals surface area contributed by atoms with E-state index in [0.717, 1.165) is 27.1 Å². The number of ether oxygens (including phenoxy) is 1. The van der Waals surface area contributed by atoms with Crippen LogP contribution in [0.25, 0.3) is 55.7 Å². The fourth-order valence-electron chi connectivity index (χ4n) is 4.74. The zero-order valence-corrected chi connectivity index (χ0v) is 21.9. The lowest BCUT2D eigenvalue weighted by Crippen LogP contribution is -2.09. The van der Waals surface area contributed by atoms with E-state index in [9.17, 15) is 9.59 Å². The van der Waals surface area contributed by atoms with Gasteiger partial charge in [-0.15, -0.1) is 0 Å². The quantitative estimate of drug-likeness (QED) is 0.147. The number of nitrogens with one attached hydrogen (secondary N) is 1. The molecule has 7 nitrogen and oxygen atoms in total. The number of hydrogen-bond donors (Lipinski definition) is 1. The monoisotopic (exact) mass is 524 g/mol. The van der Waals surface area contributed by atoms with Crippen LogP contribution in [-0.4, -0.2) is 26.8 Å². The third-order valence-electron chi connectivity index (χ3n) is 6.48. The summed E-state index contributed by atoms with van der Waals surface area (Å²) in [6.07, 6.45) is 0. The van der Waals surface area contributed by atoms with Crippen molar-refractivity contribution in [2.75, 3.05) is 5.32 Å². The first-order valence-corrected chi connectivity index (χ1v) is 12.8. The molecule has 7 heteroatoms. The molecule has 6 rings (SSSR count). The van der Waals surface area contributed by atoms with Crippen LogP contribution in [0.2, 0.25) is 0 Å². The van der Waals surface area contributed by atoms with Crippen molar-refractivity contribution < 1.29 is 14.3 Å². The standard InChI is InChI=1S/C33H24N4O3/c1-20(38)34-30-27(17-16-25-18-23-12-6-7-13-24(23)19-28(25)30)33-36-31(22-10-4-3-5-11-22)35-32(37-33)26-14-8-9-15-29(26)40-21(2)39/h3-19H,1-2H3,(H,34,38). The highest BCUT2D eigenvalue weighted by molar-refractivity contribution is 6.11. The predicted octanol–water partition coefficient (Wildman–Crippen LogP) is 7.06. The Hall–Kier alpha value is -5.43. The number of benzene rings is 5. The number of anilines is 1. The molecule has 0 radical (unpaired) electrons. The van der Waals surface area contributed by atoms with Gasteiger partial charge in [-0.25, -0.2) is 15.0 Å². The van der Waals surface area contributed by atoms with Gasteiger partial charge >= 0.3 is 5.97 Å². The zero-order valence-electron chi connectivity index (χ0n) is 21.9. The van der Waals surface area contributed by atoms with Crippen molar-refractivity contribution in [2.24, 2.45) is 0 Å². The summed E-state index contributed by atoms with van der Waals surface area (Å²) in [4.78, 5) is 38.7. The van der Waals surface area contributed by atoms with Crippen LogP contribution in [-0.2, 0) is 9.59 Å². The van der Waals surface area contributed by atoms with Crippen LogP contribution < -0.4 is 10.1 Å². The molecule has 0 saturated heterocycles. The SMILES string of the molecule is CC(=O)Nc1c(-c2nc(-c3ccccc3)nc(-c3ccccc3OC(C)=O)n2)ccc2cc3ccccc3cc12. The van der Waals surface area contributed by atoms with Gasteiger partial charge in [0, 0.05) is 30.4 Å². The van der Waals surface area contributed by atoms with E-state index < -0.39 is 5.97 Å². The lowest BCUT2D eigenvalue weighted by molar-refractivity contribution is -0.131. The molecule has 0 aliphatic heterocycles. The van der Waals surface area contributed by atoms with Gasteiger partial charge in [0.05, 0.1) is 11.3 Å². The lowest BCUT2D eigenvalue weighted by Gasteiger charge is -2.15. The minimum Gasteiger partial charge on any atom is -0.426 e. The van der Waals surface area contributed by atoms with Crippen LogP contribution in [0.3, 0.4) is 0 Å². The van der Waals surface area contributed by atoms with E-state index in [0.29, 0.717) is 40.0 Å². The molecule has 0 spiro atoms. The Bertz CT molecular complexity index is 1920. The first-order valence-electron chi connectivity index (χ1n) is 12.8. The molecule has 0 bridgehead atoms. The summed E-state index contributed by atoms with van der Waals surface area (Å²) in [5, 5.41) is 7.03. The average molecular weight is 525 g/mol. The molecular formula is C33H24N4O3. The summed E-state index contributed by atoms with van der Waals surface area (Å²) in [6, 6.07) is 32.9. The van der Waals surface area contributed by atoms with Crippen molar-refractivity contribution in [3.8, 4) is 39.9 Å². The Morgan fingerprint density at radius 3 is 1.98 bits per heavy atom. The van der Waals surface area contributed by atoms with Gasteiger partial charge in [0.1, 0.15) is 5.75 Å². The van der Waals surface area contributed by atoms with Gasteiger partial charge in [0.2, 0.25) is 5.91 Å². The highest BCUT2D eigenvalue weighted by Crippen LogP contribution is 2.37. The van der Waals surface area contributed by atoms with Crippen molar-refractivity contribution in [3.05, 3.63) is 103 Å². The molecule has 1 heterocycles. The number of rotatable bonds is 5. The van der Waals surface area contributed by atoms with Crippen LogP contribution >= 0.6 is 0 Å². The number of amides is 1. The molecule has 40 heavy (non-hydrogen) atoms. The van der Waals surface area contributed by atoms with E-state index >= 15 is 0 Å². The second-order valence-electron chi connectivity index (χ2n) is 9.35. The van der Waals surface area contributed by atoms with Crippen molar-refractivity contribution in [2.45, 2.75) is 13.8 Å². The van der Waals surface area contributed by atoms with Crippen molar-refractivity contribution >= 4 is 39.1 Å². The minimum atomic E-state index is -0.445. The Morgan fingerprint density at radius 1 is 0.625 bits per heavy atom. The van der Waals surface area contributed by atoms with Gasteiger partial charge in [-0.1, -0.05) is 72.8 Å². The topological polar surface area (TPSA) is 94.1 Å². The molecule has 1 amide bonds. The summed E-state index contributed by atoms with van der Waals surface area (Å²) in [6.45, 7) is 2.83. The van der Waals surface area contributed by atoms with Gasteiger partial charge in [-0.3, -0.25) is 9.59 Å². The molecule has 194 valence electrons. The Kier molecular flexibility index (Phi) is 6.46. The van der Waals surface area contributed by atoms with Gasteiger partial charge in [0.25, 0.3) is 0 Å². The molecule has 0 saturated carbocycles. The van der Waals surface area contributed by atoms with E-state index in [1.165, 1.54) is 13.8 Å². The Balaban J connectivity index is 1.63. The van der Waals surface area contributed by atoms with Crippen molar-refractivity contribution in [3.63, 3.8) is 0 Å². The molecule has 0 atom stereocenters. The number of para-hydroxylation sites is 1. The fraction of sp³-hybridized carbons (Fsp3) is 0.0606. The molecular weight excluding hydrogens is 500 g/mol. The molecule has 0 aliphatic rings. The number of esters is 1. The number of nitrogens with zero attached hydrogens (tertiary/aromatic N) is 3. The maximum absolute atomic E-state index is 12.4. The van der Waals surface area contributed by atoms with Crippen molar-refractivity contribution in [1.82, 2.24) is 15.0 Å². The van der Waals surface area contributed by atoms with Gasteiger partial charge in [-0.05, 0) is 46.5 Å². The number of carbonyl (C=O) groups excluding carboxylic acids is 2. The zero-order chi connectivity index (χ0) is 27.6. The Morgan fingerprint density at radius 2 is 1.25 bits per heavy atom. The summed E-state index contributed by atoms with van der Waals surface area (Å²) in [5.41, 5.74) is 2.60. The minimum absolute atomic E-state index is 0.209. The summed E-state index contributed by atoms with van der Waals surface area (Å²) in [5.74, 6) is 0.858. The van der Waals surface area contributed by atoms with Crippen LogP contribution in [0.15, 0.2) is 103 Å². The second-order valence-corrected chi connectivity index (χ2v) is 9.35. The van der Waals surface area contributed by atoms with Crippen LogP contribution in [0.5, 0.6) is 5.75 Å². The van der Waals surface area contributed by atoms with Crippen LogP contribution in [0, 0.1) is 0 Å². The summed E-state index contributed by atoms with van der Waals surface area (Å²) < 4.78 is 5.47. The fourth-order valence-corrected chi connectivity index (χ4v) is 4.74. The molecule has 0 fully saturated rings. The molecule has 0 aliphatic carbocycles. The lowest BCUT2D eigenvalue weighted by atomic mass is 9.99. The number of carbonyl (C=O) groups is 2. The summed E-state index contributed by atoms with van der Waals surface area (Å²) in [7, 11) is 0. The normalized spacial score (nSPS) is 10.9. The van der Waals surface area contributed by atoms with Crippen LogP contribution in [0.4, 0.5) is 5.69 Å². The van der Waals surface area contributed by atoms with E-state index in [1.54, 1.807) is 18.2 Å². The first-order chi connectivity index (χ1) is 19.5. The number of fused-ring (bicyclic) bond motifs is 2. The number of hydrogen-bond acceptors (Lipinski definition) is 6. The second kappa shape index (κ2) is 10.4. The van der Waals surface area contributed by atoms with E-state index in [4.69, 9.17) is 19.7 Å². The molecule has 1 N–H and O–H groups in total. The maximum Gasteiger partial charge on any atom is 0.308 e. The van der Waals surface area contributed by atoms with Gasteiger partial charge in [-0.2, -0.15) is 0 Å². The smallest absolute Gasteiger partial charge is 0.308 e. The third-order valence-corrected chi connectivity index (χ3v) is 6.48.